The lowest BCUT2D eigenvalue weighted by Gasteiger charge is -2.25. The molecule has 0 saturated heterocycles. The van der Waals surface area contributed by atoms with Gasteiger partial charge in [-0.25, -0.2) is 9.18 Å². The van der Waals surface area contributed by atoms with Crippen molar-refractivity contribution in [2.45, 2.75) is 38.9 Å². The second-order valence-corrected chi connectivity index (χ2v) is 7.66. The molecule has 0 unspecified atom stereocenters. The highest BCUT2D eigenvalue weighted by molar-refractivity contribution is 5.78. The van der Waals surface area contributed by atoms with Gasteiger partial charge in [-0.05, 0) is 50.3 Å². The number of benzene rings is 2. The number of likely N-dealkylation sites (N-methyl/N-ethyl adjacent to an activating group) is 1. The van der Waals surface area contributed by atoms with E-state index >= 15 is 0 Å². The lowest BCUT2D eigenvalue weighted by molar-refractivity contribution is -0.121. The van der Waals surface area contributed by atoms with Crippen LogP contribution < -0.4 is 11.0 Å². The van der Waals surface area contributed by atoms with Crippen LogP contribution in [0.5, 0.6) is 0 Å². The van der Waals surface area contributed by atoms with Gasteiger partial charge in [0.2, 0.25) is 5.91 Å². The molecule has 2 aromatic carbocycles. The van der Waals surface area contributed by atoms with Gasteiger partial charge in [0.05, 0.1) is 17.1 Å². The van der Waals surface area contributed by atoms with Gasteiger partial charge < -0.3 is 10.2 Å². The van der Waals surface area contributed by atoms with Gasteiger partial charge >= 0.3 is 5.69 Å². The number of aromatic nitrogens is 2. The number of para-hydroxylation sites is 2. The van der Waals surface area contributed by atoms with Crippen LogP contribution in [-0.4, -0.2) is 40.6 Å². The van der Waals surface area contributed by atoms with Crippen LogP contribution in [0.2, 0.25) is 0 Å². The molecule has 0 bridgehead atoms. The Morgan fingerprint density at radius 2 is 1.73 bits per heavy atom. The summed E-state index contributed by atoms with van der Waals surface area (Å²) in [4.78, 5) is 27.3. The van der Waals surface area contributed by atoms with Crippen molar-refractivity contribution in [1.82, 2.24) is 19.4 Å². The van der Waals surface area contributed by atoms with E-state index < -0.39 is 0 Å². The van der Waals surface area contributed by atoms with E-state index in [1.54, 1.807) is 15.2 Å². The zero-order chi connectivity index (χ0) is 21.7. The molecule has 3 rings (SSSR count). The highest BCUT2D eigenvalue weighted by atomic mass is 19.1. The Kier molecular flexibility index (Phi) is 7.05. The van der Waals surface area contributed by atoms with Crippen LogP contribution >= 0.6 is 0 Å². The van der Waals surface area contributed by atoms with E-state index in [1.807, 2.05) is 56.3 Å². The monoisotopic (exact) mass is 412 g/mol. The van der Waals surface area contributed by atoms with Crippen molar-refractivity contribution < 1.29 is 9.18 Å². The highest BCUT2D eigenvalue weighted by Crippen LogP contribution is 2.18. The summed E-state index contributed by atoms with van der Waals surface area (Å²) < 4.78 is 17.0. The molecule has 160 valence electrons. The van der Waals surface area contributed by atoms with Crippen molar-refractivity contribution in [1.29, 1.82) is 0 Å². The first-order chi connectivity index (χ1) is 14.4. The van der Waals surface area contributed by atoms with Gasteiger partial charge in [0.15, 0.2) is 0 Å². The Balaban J connectivity index is 1.67. The van der Waals surface area contributed by atoms with Crippen LogP contribution in [0, 0.1) is 5.82 Å². The maximum atomic E-state index is 13.6. The fourth-order valence-corrected chi connectivity index (χ4v) is 3.75. The summed E-state index contributed by atoms with van der Waals surface area (Å²) in [5.74, 6) is -0.439. The first kappa shape index (κ1) is 21.8. The minimum absolute atomic E-state index is 0.0863. The molecule has 6 nitrogen and oxygen atoms in total. The van der Waals surface area contributed by atoms with E-state index in [-0.39, 0.29) is 29.9 Å². The number of imidazole rings is 1. The molecule has 1 atom stereocenters. The van der Waals surface area contributed by atoms with Crippen molar-refractivity contribution in [2.75, 3.05) is 20.6 Å². The van der Waals surface area contributed by atoms with Crippen LogP contribution in [0.1, 0.15) is 31.4 Å². The molecule has 1 heterocycles. The number of rotatable bonds is 9. The third kappa shape index (κ3) is 4.79. The third-order valence-corrected chi connectivity index (χ3v) is 5.28. The quantitative estimate of drug-likeness (QED) is 0.587. The molecular weight excluding hydrogens is 383 g/mol. The lowest BCUT2D eigenvalue weighted by atomic mass is 10.1. The van der Waals surface area contributed by atoms with Crippen LogP contribution in [0.4, 0.5) is 4.39 Å². The molecule has 0 radical (unpaired) electrons. The smallest absolute Gasteiger partial charge is 0.329 e. The van der Waals surface area contributed by atoms with Gasteiger partial charge in [-0.1, -0.05) is 31.2 Å². The zero-order valence-electron chi connectivity index (χ0n) is 17.8. The van der Waals surface area contributed by atoms with Crippen LogP contribution in [0.25, 0.3) is 11.0 Å². The predicted octanol–water partition coefficient (Wildman–Crippen LogP) is 3.16. The first-order valence-corrected chi connectivity index (χ1v) is 10.3. The van der Waals surface area contributed by atoms with E-state index in [2.05, 4.69) is 5.32 Å². The van der Waals surface area contributed by atoms with E-state index in [0.717, 1.165) is 23.0 Å². The Hall–Kier alpha value is -2.93. The van der Waals surface area contributed by atoms with E-state index in [0.29, 0.717) is 19.6 Å². The Labute approximate surface area is 175 Å². The fraction of sp³-hybridized carbons (Fsp3) is 0.391. The molecule has 0 aliphatic heterocycles. The van der Waals surface area contributed by atoms with Gasteiger partial charge in [0.25, 0.3) is 0 Å². The number of hydrogen-bond donors (Lipinski definition) is 1. The van der Waals surface area contributed by atoms with E-state index in [1.165, 1.54) is 12.1 Å². The Morgan fingerprint density at radius 1 is 1.07 bits per heavy atom. The fourth-order valence-electron chi connectivity index (χ4n) is 3.75. The van der Waals surface area contributed by atoms with Crippen molar-refractivity contribution in [3.05, 3.63) is 70.4 Å². The van der Waals surface area contributed by atoms with Gasteiger partial charge in [-0.3, -0.25) is 13.9 Å². The first-order valence-electron chi connectivity index (χ1n) is 10.3. The van der Waals surface area contributed by atoms with Crippen molar-refractivity contribution in [2.24, 2.45) is 0 Å². The highest BCUT2D eigenvalue weighted by Gasteiger charge is 2.17. The van der Waals surface area contributed by atoms with Gasteiger partial charge in [0, 0.05) is 26.1 Å². The van der Waals surface area contributed by atoms with Crippen molar-refractivity contribution >= 4 is 16.9 Å². The largest absolute Gasteiger partial charge is 0.354 e. The van der Waals surface area contributed by atoms with Crippen LogP contribution in [0.15, 0.2) is 53.3 Å². The summed E-state index contributed by atoms with van der Waals surface area (Å²) in [5.41, 5.74) is 2.45. The van der Waals surface area contributed by atoms with Gasteiger partial charge in [0.1, 0.15) is 5.82 Å². The summed E-state index contributed by atoms with van der Waals surface area (Å²) >= 11 is 0. The standard InChI is InChI=1S/C23H29FN4O2/c1-4-13-27-19-10-5-6-11-20(19)28(23(27)30)14-12-22(29)25-16-21(26(2)3)17-8-7-9-18(24)15-17/h5-11,15,21H,4,12-14,16H2,1-3H3,(H,25,29)/t21-/m1/s1. The average molecular weight is 413 g/mol. The number of carbonyl (C=O) groups is 1. The maximum Gasteiger partial charge on any atom is 0.329 e. The number of carbonyl (C=O) groups excluding carboxylic acids is 1. The maximum absolute atomic E-state index is 13.6. The average Bonchev–Trinajstić information content (AvgIpc) is 2.98. The van der Waals surface area contributed by atoms with Crippen LogP contribution in [-0.2, 0) is 17.9 Å². The number of nitrogens with zero attached hydrogens (tertiary/aromatic N) is 3. The Morgan fingerprint density at radius 3 is 2.33 bits per heavy atom. The molecule has 1 amide bonds. The number of halogens is 1. The normalized spacial score (nSPS) is 12.4. The molecule has 1 aromatic heterocycles. The number of aryl methyl sites for hydroxylation is 2. The molecular formula is C23H29FN4O2. The molecule has 1 N–H and O–H groups in total. The minimum atomic E-state index is -0.298. The molecule has 3 aromatic rings. The Bertz CT molecular complexity index is 1070. The summed E-state index contributed by atoms with van der Waals surface area (Å²) in [6.07, 6.45) is 1.06. The molecule has 0 aliphatic rings. The van der Waals surface area contributed by atoms with Crippen molar-refractivity contribution in [3.63, 3.8) is 0 Å². The summed E-state index contributed by atoms with van der Waals surface area (Å²) in [6.45, 7) is 3.36. The summed E-state index contributed by atoms with van der Waals surface area (Å²) in [6, 6.07) is 13.9. The minimum Gasteiger partial charge on any atom is -0.354 e. The number of fused-ring (bicyclic) bond motifs is 1. The predicted molar refractivity (Wildman–Crippen MR) is 117 cm³/mol. The summed E-state index contributed by atoms with van der Waals surface area (Å²) in [5, 5.41) is 2.93. The third-order valence-electron chi connectivity index (χ3n) is 5.28. The summed E-state index contributed by atoms with van der Waals surface area (Å²) in [7, 11) is 3.79. The number of nitrogens with one attached hydrogen (secondary N) is 1. The lowest BCUT2D eigenvalue weighted by Crippen LogP contribution is -2.35. The molecule has 30 heavy (non-hydrogen) atoms. The molecule has 0 aliphatic carbocycles. The van der Waals surface area contributed by atoms with Gasteiger partial charge in [-0.15, -0.1) is 0 Å². The molecule has 0 spiro atoms. The molecule has 0 saturated carbocycles. The number of hydrogen-bond acceptors (Lipinski definition) is 3. The van der Waals surface area contributed by atoms with Crippen LogP contribution in [0.3, 0.4) is 0 Å². The van der Waals surface area contributed by atoms with E-state index in [4.69, 9.17) is 0 Å². The second kappa shape index (κ2) is 9.71. The SMILES string of the molecule is CCCn1c(=O)n(CCC(=O)NC[C@H](c2cccc(F)c2)N(C)C)c2ccccc21. The molecule has 0 fully saturated rings. The second-order valence-electron chi connectivity index (χ2n) is 7.66. The van der Waals surface area contributed by atoms with Crippen molar-refractivity contribution in [3.8, 4) is 0 Å². The van der Waals surface area contributed by atoms with Gasteiger partial charge in [-0.2, -0.15) is 0 Å². The van der Waals surface area contributed by atoms with E-state index in [9.17, 15) is 14.0 Å². The zero-order valence-corrected chi connectivity index (χ0v) is 17.8. The molecule has 7 heteroatoms. The topological polar surface area (TPSA) is 59.3 Å². The number of amides is 1.